The summed E-state index contributed by atoms with van der Waals surface area (Å²) in [6.45, 7) is 10.2. The van der Waals surface area contributed by atoms with Gasteiger partial charge >= 0.3 is 0 Å². The number of hydrogen-bond donors (Lipinski definition) is 1. The van der Waals surface area contributed by atoms with Crippen LogP contribution >= 0.6 is 11.6 Å². The molecule has 37 heavy (non-hydrogen) atoms. The minimum atomic E-state index is -0.513. The van der Waals surface area contributed by atoms with Crippen LogP contribution in [0.25, 0.3) is 11.3 Å². The van der Waals surface area contributed by atoms with Crippen molar-refractivity contribution >= 4 is 28.9 Å². The van der Waals surface area contributed by atoms with Gasteiger partial charge in [-0.05, 0) is 82.6 Å². The molecular formula is C28H30ClF2N5O. The molecule has 1 N–H and O–H groups in total. The van der Waals surface area contributed by atoms with Gasteiger partial charge in [-0.3, -0.25) is 0 Å². The number of anilines is 3. The van der Waals surface area contributed by atoms with Crippen LogP contribution in [0.15, 0.2) is 48.8 Å². The van der Waals surface area contributed by atoms with E-state index in [0.29, 0.717) is 22.6 Å². The Morgan fingerprint density at radius 1 is 1.14 bits per heavy atom. The Labute approximate surface area is 220 Å². The summed E-state index contributed by atoms with van der Waals surface area (Å²) in [7, 11) is 2.09. The standard InChI is InChI=1S/C28H30ClF2N5O/c1-16(2)36-17(3)15-37-27-24(31)11-19(12-25(27)36)26-22(29)14-32-28(34-26)33-20-5-6-21(23(30)13-20)18-7-9-35(4)10-8-18/h5-6,11-14,16,18H,3,7-10,15H2,1-2,4H3,(H,32,33,34). The first-order chi connectivity index (χ1) is 17.7. The third-order valence-electron chi connectivity index (χ3n) is 6.96. The predicted molar refractivity (Wildman–Crippen MR) is 144 cm³/mol. The summed E-state index contributed by atoms with van der Waals surface area (Å²) < 4.78 is 35.7. The zero-order valence-corrected chi connectivity index (χ0v) is 21.9. The molecule has 0 atom stereocenters. The largest absolute Gasteiger partial charge is 0.482 e. The molecular weight excluding hydrogens is 496 g/mol. The normalized spacial score (nSPS) is 16.6. The van der Waals surface area contributed by atoms with E-state index in [1.807, 2.05) is 30.9 Å². The average molecular weight is 526 g/mol. The first kappa shape index (κ1) is 25.4. The first-order valence-electron chi connectivity index (χ1n) is 12.4. The number of benzene rings is 2. The van der Waals surface area contributed by atoms with Gasteiger partial charge in [-0.25, -0.2) is 18.7 Å². The van der Waals surface area contributed by atoms with Crippen LogP contribution < -0.4 is 15.0 Å². The van der Waals surface area contributed by atoms with E-state index in [1.165, 1.54) is 18.3 Å². The highest BCUT2D eigenvalue weighted by molar-refractivity contribution is 6.33. The topological polar surface area (TPSA) is 53.5 Å². The minimum Gasteiger partial charge on any atom is -0.482 e. The first-order valence-corrected chi connectivity index (χ1v) is 12.8. The Bertz CT molecular complexity index is 1340. The number of ether oxygens (including phenoxy) is 1. The van der Waals surface area contributed by atoms with E-state index in [2.05, 4.69) is 33.8 Å². The fraction of sp³-hybridized carbons (Fsp3) is 0.357. The van der Waals surface area contributed by atoms with Crippen LogP contribution in [0.2, 0.25) is 5.02 Å². The second-order valence-electron chi connectivity index (χ2n) is 9.95. The summed E-state index contributed by atoms with van der Waals surface area (Å²) in [5.74, 6) is -0.146. The van der Waals surface area contributed by atoms with Gasteiger partial charge in [-0.15, -0.1) is 0 Å². The van der Waals surface area contributed by atoms with Gasteiger partial charge in [0.25, 0.3) is 0 Å². The van der Waals surface area contributed by atoms with E-state index in [9.17, 15) is 0 Å². The van der Waals surface area contributed by atoms with Gasteiger partial charge in [-0.2, -0.15) is 0 Å². The molecule has 0 bridgehead atoms. The van der Waals surface area contributed by atoms with E-state index in [0.717, 1.165) is 37.2 Å². The van der Waals surface area contributed by atoms with E-state index >= 15 is 8.78 Å². The van der Waals surface area contributed by atoms with Crippen LogP contribution in [0.5, 0.6) is 5.75 Å². The lowest BCUT2D eigenvalue weighted by molar-refractivity contribution is 0.253. The third-order valence-corrected chi connectivity index (χ3v) is 7.23. The van der Waals surface area contributed by atoms with Crippen molar-refractivity contribution in [1.29, 1.82) is 0 Å². The van der Waals surface area contributed by atoms with Crippen LogP contribution in [-0.4, -0.2) is 47.7 Å². The molecule has 9 heteroatoms. The maximum Gasteiger partial charge on any atom is 0.227 e. The number of likely N-dealkylation sites (tertiary alicyclic amines) is 1. The number of piperidine rings is 1. The monoisotopic (exact) mass is 525 g/mol. The predicted octanol–water partition coefficient (Wildman–Crippen LogP) is 6.75. The number of nitrogens with zero attached hydrogens (tertiary/aromatic N) is 4. The molecule has 0 saturated carbocycles. The van der Waals surface area contributed by atoms with Crippen LogP contribution in [-0.2, 0) is 0 Å². The van der Waals surface area contributed by atoms with Gasteiger partial charge < -0.3 is 19.9 Å². The van der Waals surface area contributed by atoms with Gasteiger partial charge in [0.2, 0.25) is 5.95 Å². The van der Waals surface area contributed by atoms with Gasteiger partial charge in [0, 0.05) is 23.0 Å². The molecule has 1 saturated heterocycles. The Balaban J connectivity index is 1.43. The van der Waals surface area contributed by atoms with Crippen molar-refractivity contribution in [3.63, 3.8) is 0 Å². The van der Waals surface area contributed by atoms with Gasteiger partial charge in [-0.1, -0.05) is 24.2 Å². The molecule has 0 radical (unpaired) electrons. The number of halogens is 3. The van der Waals surface area contributed by atoms with Crippen molar-refractivity contribution in [3.05, 3.63) is 71.0 Å². The molecule has 1 aromatic heterocycles. The Kier molecular flexibility index (Phi) is 7.05. The number of nitrogens with one attached hydrogen (secondary N) is 1. The maximum absolute atomic E-state index is 15.1. The smallest absolute Gasteiger partial charge is 0.227 e. The fourth-order valence-electron chi connectivity index (χ4n) is 5.09. The van der Waals surface area contributed by atoms with Gasteiger partial charge in [0.05, 0.1) is 22.6 Å². The number of fused-ring (bicyclic) bond motifs is 1. The van der Waals surface area contributed by atoms with Crippen molar-refractivity contribution in [2.24, 2.45) is 0 Å². The van der Waals surface area contributed by atoms with Crippen molar-refractivity contribution < 1.29 is 13.5 Å². The summed E-state index contributed by atoms with van der Waals surface area (Å²) in [6, 6.07) is 8.31. The third kappa shape index (κ3) is 5.13. The van der Waals surface area contributed by atoms with Crippen molar-refractivity contribution in [1.82, 2.24) is 14.9 Å². The fourth-order valence-corrected chi connectivity index (χ4v) is 5.29. The molecule has 0 amide bonds. The minimum absolute atomic E-state index is 0.0512. The summed E-state index contributed by atoms with van der Waals surface area (Å²) in [4.78, 5) is 13.0. The zero-order valence-electron chi connectivity index (χ0n) is 21.2. The molecule has 0 unspecified atom stereocenters. The van der Waals surface area contributed by atoms with E-state index in [1.54, 1.807) is 6.07 Å². The molecule has 2 aromatic carbocycles. The molecule has 1 fully saturated rings. The van der Waals surface area contributed by atoms with Crippen LogP contribution in [0, 0.1) is 11.6 Å². The molecule has 0 aliphatic carbocycles. The Morgan fingerprint density at radius 2 is 1.89 bits per heavy atom. The lowest BCUT2D eigenvalue weighted by Crippen LogP contribution is -2.35. The highest BCUT2D eigenvalue weighted by Crippen LogP contribution is 2.42. The highest BCUT2D eigenvalue weighted by atomic mass is 35.5. The van der Waals surface area contributed by atoms with Crippen LogP contribution in [0.3, 0.4) is 0 Å². The lowest BCUT2D eigenvalue weighted by Gasteiger charge is -2.36. The quantitative estimate of drug-likeness (QED) is 0.397. The molecule has 3 aromatic rings. The van der Waals surface area contributed by atoms with Gasteiger partial charge in [0.15, 0.2) is 11.6 Å². The summed E-state index contributed by atoms with van der Waals surface area (Å²) >= 11 is 6.44. The second-order valence-corrected chi connectivity index (χ2v) is 10.4. The Morgan fingerprint density at radius 3 is 2.59 bits per heavy atom. The number of aromatic nitrogens is 2. The summed E-state index contributed by atoms with van der Waals surface area (Å²) in [5.41, 5.74) is 3.38. The average Bonchev–Trinajstić information content (AvgIpc) is 2.85. The molecule has 0 spiro atoms. The van der Waals surface area contributed by atoms with E-state index in [4.69, 9.17) is 16.3 Å². The molecule has 2 aliphatic rings. The molecule has 3 heterocycles. The molecule has 5 rings (SSSR count). The second kappa shape index (κ2) is 10.3. The van der Waals surface area contributed by atoms with E-state index in [-0.39, 0.29) is 41.1 Å². The van der Waals surface area contributed by atoms with Crippen molar-refractivity contribution in [2.45, 2.75) is 38.6 Å². The van der Waals surface area contributed by atoms with E-state index < -0.39 is 5.82 Å². The number of rotatable bonds is 5. The summed E-state index contributed by atoms with van der Waals surface area (Å²) in [5, 5.41) is 3.32. The molecule has 194 valence electrons. The number of hydrogen-bond acceptors (Lipinski definition) is 6. The van der Waals surface area contributed by atoms with Crippen LogP contribution in [0.4, 0.5) is 26.1 Å². The highest BCUT2D eigenvalue weighted by Gasteiger charge is 2.28. The lowest BCUT2D eigenvalue weighted by atomic mass is 9.89. The molecule has 2 aliphatic heterocycles. The SMILES string of the molecule is C=C1COc2c(F)cc(-c3nc(Nc4ccc(C5CCN(C)CC5)c(F)c4)ncc3Cl)cc2N1C(C)C. The maximum atomic E-state index is 15.1. The molecule has 6 nitrogen and oxygen atoms in total. The zero-order chi connectivity index (χ0) is 26.3. The van der Waals surface area contributed by atoms with Gasteiger partial charge in [0.1, 0.15) is 12.4 Å². The Hall–Kier alpha value is -3.23. The van der Waals surface area contributed by atoms with Crippen molar-refractivity contribution in [3.8, 4) is 17.0 Å². The summed E-state index contributed by atoms with van der Waals surface area (Å²) in [6.07, 6.45) is 3.32. The van der Waals surface area contributed by atoms with Crippen LogP contribution in [0.1, 0.15) is 38.2 Å². The van der Waals surface area contributed by atoms with Crippen molar-refractivity contribution in [2.75, 3.05) is 37.0 Å².